The van der Waals surface area contributed by atoms with Crippen molar-refractivity contribution in [2.24, 2.45) is 0 Å². The molecule has 0 saturated carbocycles. The molecule has 0 atom stereocenters. The lowest BCUT2D eigenvalue weighted by atomic mass is 10.1. The van der Waals surface area contributed by atoms with E-state index in [1.54, 1.807) is 0 Å². The molecule has 0 unspecified atom stereocenters. The molecule has 1 aromatic carbocycles. The zero-order valence-corrected chi connectivity index (χ0v) is 11.7. The maximum absolute atomic E-state index is 5.96. The molecular weight excluding hydrogens is 244 g/mol. The van der Waals surface area contributed by atoms with Crippen molar-refractivity contribution in [2.75, 3.05) is 0 Å². The third-order valence-corrected chi connectivity index (χ3v) is 3.37. The number of hydrogen-bond donors (Lipinski definition) is 0. The van der Waals surface area contributed by atoms with Crippen molar-refractivity contribution in [1.82, 2.24) is 9.78 Å². The molecule has 0 spiro atoms. The van der Waals surface area contributed by atoms with Crippen LogP contribution in [-0.2, 0) is 18.8 Å². The highest BCUT2D eigenvalue weighted by atomic mass is 35.5. The highest BCUT2D eigenvalue weighted by molar-refractivity contribution is 6.17. The summed E-state index contributed by atoms with van der Waals surface area (Å²) in [5.41, 5.74) is 5.01. The van der Waals surface area contributed by atoms with E-state index in [1.165, 1.54) is 16.8 Å². The molecule has 1 aromatic heterocycles. The first-order valence-corrected chi connectivity index (χ1v) is 6.93. The van der Waals surface area contributed by atoms with Crippen LogP contribution in [0.4, 0.5) is 0 Å². The van der Waals surface area contributed by atoms with E-state index in [2.05, 4.69) is 47.9 Å². The Balaban J connectivity index is 2.25. The molecule has 3 heteroatoms. The van der Waals surface area contributed by atoms with Gasteiger partial charge in [0.05, 0.1) is 18.6 Å². The van der Waals surface area contributed by atoms with Gasteiger partial charge in [-0.05, 0) is 18.9 Å². The molecule has 1 heterocycles. The van der Waals surface area contributed by atoms with Crippen LogP contribution in [0.2, 0.25) is 0 Å². The van der Waals surface area contributed by atoms with Crippen molar-refractivity contribution in [3.63, 3.8) is 0 Å². The van der Waals surface area contributed by atoms with Crippen molar-refractivity contribution in [2.45, 2.75) is 39.1 Å². The first kappa shape index (κ1) is 13.2. The second-order valence-electron chi connectivity index (χ2n) is 4.65. The van der Waals surface area contributed by atoms with E-state index in [0.717, 1.165) is 24.9 Å². The van der Waals surface area contributed by atoms with Crippen molar-refractivity contribution in [3.05, 3.63) is 52.8 Å². The number of hydrogen-bond acceptors (Lipinski definition) is 1. The maximum atomic E-state index is 5.96. The Kier molecular flexibility index (Phi) is 4.43. The van der Waals surface area contributed by atoms with Crippen LogP contribution < -0.4 is 0 Å². The van der Waals surface area contributed by atoms with Crippen molar-refractivity contribution < 1.29 is 0 Å². The van der Waals surface area contributed by atoms with E-state index < -0.39 is 0 Å². The third kappa shape index (κ3) is 2.94. The number of aromatic nitrogens is 2. The van der Waals surface area contributed by atoms with Gasteiger partial charge in [0.15, 0.2) is 0 Å². The average molecular weight is 263 g/mol. The van der Waals surface area contributed by atoms with E-state index in [1.807, 2.05) is 6.20 Å². The summed E-state index contributed by atoms with van der Waals surface area (Å²) in [6, 6.07) is 8.56. The lowest BCUT2D eigenvalue weighted by Crippen LogP contribution is -2.07. The third-order valence-electron chi connectivity index (χ3n) is 3.08. The predicted molar refractivity (Wildman–Crippen MR) is 76.1 cm³/mol. The van der Waals surface area contributed by atoms with E-state index in [4.69, 9.17) is 11.6 Å². The number of benzene rings is 1. The van der Waals surface area contributed by atoms with Crippen LogP contribution in [-0.4, -0.2) is 9.78 Å². The van der Waals surface area contributed by atoms with E-state index in [9.17, 15) is 0 Å². The fourth-order valence-corrected chi connectivity index (χ4v) is 2.43. The fourth-order valence-electron chi connectivity index (χ4n) is 2.21. The largest absolute Gasteiger partial charge is 0.265 e. The standard InChI is InChI=1S/C15H19ClN2/c1-3-5-15-14(9-16)10-17-18(15)11-13-7-4-6-12(2)8-13/h4,6-8,10H,3,5,9,11H2,1-2H3. The van der Waals surface area contributed by atoms with Gasteiger partial charge < -0.3 is 0 Å². The summed E-state index contributed by atoms with van der Waals surface area (Å²) in [7, 11) is 0. The molecule has 0 aliphatic rings. The van der Waals surface area contributed by atoms with Crippen LogP contribution in [0.1, 0.15) is 35.7 Å². The van der Waals surface area contributed by atoms with Gasteiger partial charge in [-0.1, -0.05) is 43.2 Å². The summed E-state index contributed by atoms with van der Waals surface area (Å²) in [4.78, 5) is 0. The van der Waals surface area contributed by atoms with Crippen molar-refractivity contribution in [3.8, 4) is 0 Å². The van der Waals surface area contributed by atoms with Gasteiger partial charge in [0.2, 0.25) is 0 Å². The van der Waals surface area contributed by atoms with Gasteiger partial charge in [0, 0.05) is 11.3 Å². The number of nitrogens with zero attached hydrogens (tertiary/aromatic N) is 2. The first-order chi connectivity index (χ1) is 8.74. The minimum atomic E-state index is 0.545. The van der Waals surface area contributed by atoms with Gasteiger partial charge in [-0.25, -0.2) is 0 Å². The Labute approximate surface area is 114 Å². The van der Waals surface area contributed by atoms with Gasteiger partial charge in [0.25, 0.3) is 0 Å². The first-order valence-electron chi connectivity index (χ1n) is 6.39. The summed E-state index contributed by atoms with van der Waals surface area (Å²) in [6.45, 7) is 5.12. The maximum Gasteiger partial charge on any atom is 0.0662 e. The van der Waals surface area contributed by atoms with E-state index in [0.29, 0.717) is 5.88 Å². The minimum absolute atomic E-state index is 0.545. The average Bonchev–Trinajstić information content (AvgIpc) is 2.72. The smallest absolute Gasteiger partial charge is 0.0662 e. The SMILES string of the molecule is CCCc1c(CCl)cnn1Cc1cccc(C)c1. The Bertz CT molecular complexity index is 517. The van der Waals surface area contributed by atoms with Crippen molar-refractivity contribution in [1.29, 1.82) is 0 Å². The second-order valence-corrected chi connectivity index (χ2v) is 4.91. The molecule has 0 N–H and O–H groups in total. The molecule has 0 saturated heterocycles. The lowest BCUT2D eigenvalue weighted by molar-refractivity contribution is 0.635. The molecule has 96 valence electrons. The molecular formula is C15H19ClN2. The summed E-state index contributed by atoms with van der Waals surface area (Å²) in [5, 5.41) is 4.46. The molecule has 18 heavy (non-hydrogen) atoms. The molecule has 2 nitrogen and oxygen atoms in total. The summed E-state index contributed by atoms with van der Waals surface area (Å²) in [5.74, 6) is 0.545. The second kappa shape index (κ2) is 6.05. The Morgan fingerprint density at radius 3 is 2.83 bits per heavy atom. The Morgan fingerprint density at radius 1 is 1.33 bits per heavy atom. The topological polar surface area (TPSA) is 17.8 Å². The van der Waals surface area contributed by atoms with Crippen molar-refractivity contribution >= 4 is 11.6 Å². The Hall–Kier alpha value is -1.28. The summed E-state index contributed by atoms with van der Waals surface area (Å²) in [6.07, 6.45) is 4.05. The highest BCUT2D eigenvalue weighted by Gasteiger charge is 2.09. The number of alkyl halides is 1. The van der Waals surface area contributed by atoms with Crippen LogP contribution in [0.25, 0.3) is 0 Å². The molecule has 0 bridgehead atoms. The number of rotatable bonds is 5. The summed E-state index contributed by atoms with van der Waals surface area (Å²) >= 11 is 5.96. The highest BCUT2D eigenvalue weighted by Crippen LogP contribution is 2.15. The van der Waals surface area contributed by atoms with Crippen LogP contribution in [0.5, 0.6) is 0 Å². The molecule has 0 amide bonds. The van der Waals surface area contributed by atoms with E-state index in [-0.39, 0.29) is 0 Å². The normalized spacial score (nSPS) is 10.8. The molecule has 2 aromatic rings. The fraction of sp³-hybridized carbons (Fsp3) is 0.400. The van der Waals surface area contributed by atoms with Crippen LogP contribution in [0, 0.1) is 6.92 Å². The van der Waals surface area contributed by atoms with Gasteiger partial charge in [-0.15, -0.1) is 11.6 Å². The lowest BCUT2D eigenvalue weighted by Gasteiger charge is -2.09. The monoisotopic (exact) mass is 262 g/mol. The quantitative estimate of drug-likeness (QED) is 0.747. The molecule has 2 rings (SSSR count). The zero-order valence-electron chi connectivity index (χ0n) is 11.0. The Morgan fingerprint density at radius 2 is 2.17 bits per heavy atom. The summed E-state index contributed by atoms with van der Waals surface area (Å²) < 4.78 is 2.08. The number of halogens is 1. The van der Waals surface area contributed by atoms with E-state index >= 15 is 0 Å². The zero-order chi connectivity index (χ0) is 13.0. The molecule has 0 fully saturated rings. The molecule has 0 aliphatic heterocycles. The van der Waals surface area contributed by atoms with Gasteiger partial charge in [0.1, 0.15) is 0 Å². The van der Waals surface area contributed by atoms with Gasteiger partial charge >= 0.3 is 0 Å². The minimum Gasteiger partial charge on any atom is -0.265 e. The van der Waals surface area contributed by atoms with Crippen LogP contribution in [0.15, 0.2) is 30.5 Å². The van der Waals surface area contributed by atoms with Gasteiger partial charge in [-0.3, -0.25) is 4.68 Å². The van der Waals surface area contributed by atoms with Crippen LogP contribution >= 0.6 is 11.6 Å². The molecule has 0 radical (unpaired) electrons. The van der Waals surface area contributed by atoms with Crippen LogP contribution in [0.3, 0.4) is 0 Å². The predicted octanol–water partition coefficient (Wildman–Crippen LogP) is 3.93. The molecule has 0 aliphatic carbocycles. The van der Waals surface area contributed by atoms with Gasteiger partial charge in [-0.2, -0.15) is 5.10 Å². The number of aryl methyl sites for hydroxylation is 1.